The lowest BCUT2D eigenvalue weighted by Gasteiger charge is -2.37. The quantitative estimate of drug-likeness (QED) is 0.0831. The normalized spacial score (nSPS) is 17.8. The van der Waals surface area contributed by atoms with E-state index in [-0.39, 0.29) is 47.5 Å². The second-order valence-electron chi connectivity index (χ2n) is 26.3. The minimum absolute atomic E-state index is 0.0422. The van der Waals surface area contributed by atoms with Crippen molar-refractivity contribution in [3.05, 3.63) is 115 Å². The Balaban J connectivity index is 0.693. The summed E-state index contributed by atoms with van der Waals surface area (Å²) >= 11 is 0. The molecular weight excluding hydrogens is 1080 g/mol. The molecule has 0 unspecified atom stereocenters. The Morgan fingerprint density at radius 1 is 0.674 bits per heavy atom. The molecule has 3 aliphatic heterocycles. The summed E-state index contributed by atoms with van der Waals surface area (Å²) in [4.78, 5) is 72.6. The van der Waals surface area contributed by atoms with Gasteiger partial charge in [-0.25, -0.2) is 19.2 Å². The summed E-state index contributed by atoms with van der Waals surface area (Å²) in [6, 6.07) is 31.9. The first-order valence-electron chi connectivity index (χ1n) is 31.6. The Hall–Kier alpha value is -7.73. The van der Waals surface area contributed by atoms with Crippen LogP contribution in [-0.2, 0) is 37.7 Å². The molecule has 18 heteroatoms. The lowest BCUT2D eigenvalue weighted by molar-refractivity contribution is -0.125. The van der Waals surface area contributed by atoms with Gasteiger partial charge in [-0.1, -0.05) is 194 Å². The van der Waals surface area contributed by atoms with Crippen molar-refractivity contribution in [2.45, 2.75) is 181 Å². The van der Waals surface area contributed by atoms with Crippen LogP contribution in [0.15, 0.2) is 109 Å². The maximum absolute atomic E-state index is 14.5. The smallest absolute Gasteiger partial charge is 0.329 e. The van der Waals surface area contributed by atoms with Gasteiger partial charge in [0.15, 0.2) is 0 Å². The highest BCUT2D eigenvalue weighted by Gasteiger charge is 2.53. The zero-order valence-electron chi connectivity index (χ0n) is 51.3. The summed E-state index contributed by atoms with van der Waals surface area (Å²) in [6.45, 7) is 13.4. The number of ether oxygens (including phenoxy) is 1. The van der Waals surface area contributed by atoms with Gasteiger partial charge in [0.1, 0.15) is 16.9 Å². The van der Waals surface area contributed by atoms with Gasteiger partial charge in [-0.15, -0.1) is 10.2 Å². The number of rotatable bonds is 15. The van der Waals surface area contributed by atoms with Crippen LogP contribution in [0.25, 0.3) is 33.8 Å². The molecule has 1 spiro atoms. The van der Waals surface area contributed by atoms with Crippen LogP contribution in [0.2, 0.25) is 0 Å². The van der Waals surface area contributed by atoms with Crippen LogP contribution in [0.4, 0.5) is 26.7 Å². The highest BCUT2D eigenvalue weighted by atomic mass is 16.5. The van der Waals surface area contributed by atoms with Gasteiger partial charge in [-0.05, 0) is 68.5 Å². The number of urea groups is 2. The van der Waals surface area contributed by atoms with E-state index in [0.29, 0.717) is 75.8 Å². The number of amides is 7. The van der Waals surface area contributed by atoms with Gasteiger partial charge in [0.2, 0.25) is 11.8 Å². The van der Waals surface area contributed by atoms with Crippen molar-refractivity contribution < 1.29 is 28.7 Å². The molecule has 86 heavy (non-hydrogen) atoms. The molecule has 3 N–H and O–H groups in total. The molecule has 1 saturated carbocycles. The van der Waals surface area contributed by atoms with E-state index in [1.54, 1.807) is 33.8 Å². The van der Waals surface area contributed by atoms with Crippen LogP contribution in [0.3, 0.4) is 0 Å². The van der Waals surface area contributed by atoms with Gasteiger partial charge in [-0.3, -0.25) is 19.1 Å². The number of likely N-dealkylation sites (tertiary alicyclic amines) is 1. The summed E-state index contributed by atoms with van der Waals surface area (Å²) in [7, 11) is 0. The third kappa shape index (κ3) is 14.7. The summed E-state index contributed by atoms with van der Waals surface area (Å²) in [5.74, 6) is -0.621. The Morgan fingerprint density at radius 3 is 2.00 bits per heavy atom. The topological polar surface area (TPSA) is 202 Å². The molecule has 5 heterocycles. The second-order valence-corrected chi connectivity index (χ2v) is 26.3. The molecule has 18 nitrogen and oxygen atoms in total. The van der Waals surface area contributed by atoms with Crippen molar-refractivity contribution in [1.82, 2.24) is 45.5 Å². The second kappa shape index (κ2) is 27.3. The Bertz CT molecular complexity index is 3310. The maximum atomic E-state index is 14.5. The number of piperidine rings is 1. The average molecular weight is 1170 g/mol. The van der Waals surface area contributed by atoms with E-state index >= 15 is 0 Å². The predicted octanol–water partition coefficient (Wildman–Crippen LogP) is 13.1. The molecule has 0 radical (unpaired) electrons. The van der Waals surface area contributed by atoms with Crippen molar-refractivity contribution in [3.8, 4) is 33.8 Å². The SMILES string of the molecule is CC(C)(CNC(=O)CCC(=O)N1Cc2ccccc2-c2c(nnn2C2(C)CCCCCCCCCCCCCCC2)-c2ccccc21)COCC(C)(C)Cn1cc(-c2cccc(NC(=O)N3CCC4(CC3)NC(=O)N(c3ccccc3)C4=O)c2)nn1. The highest BCUT2D eigenvalue weighted by molar-refractivity contribution is 6.23. The highest BCUT2D eigenvalue weighted by Crippen LogP contribution is 2.45. The number of imide groups is 1. The number of nitrogens with zero attached hydrogens (tertiary/aromatic N) is 9. The number of fused-ring (bicyclic) bond motifs is 5. The molecule has 0 bridgehead atoms. The molecule has 0 atom stereocenters. The van der Waals surface area contributed by atoms with Crippen molar-refractivity contribution in [2.24, 2.45) is 10.8 Å². The number of hydrogen-bond donors (Lipinski definition) is 3. The predicted molar refractivity (Wildman–Crippen MR) is 336 cm³/mol. The van der Waals surface area contributed by atoms with Crippen molar-refractivity contribution in [2.75, 3.05) is 48.0 Å². The fourth-order valence-corrected chi connectivity index (χ4v) is 12.9. The van der Waals surface area contributed by atoms with Crippen LogP contribution in [0.5, 0.6) is 0 Å². The van der Waals surface area contributed by atoms with E-state index in [1.807, 2.05) is 65.7 Å². The van der Waals surface area contributed by atoms with Crippen molar-refractivity contribution in [3.63, 3.8) is 0 Å². The van der Waals surface area contributed by atoms with E-state index in [4.69, 9.17) is 15.0 Å². The maximum Gasteiger partial charge on any atom is 0.329 e. The third-order valence-corrected chi connectivity index (χ3v) is 17.9. The molecule has 2 saturated heterocycles. The summed E-state index contributed by atoms with van der Waals surface area (Å²) in [5.41, 5.74) is 6.05. The Kier molecular flexibility index (Phi) is 19.5. The number of hydrogen-bond acceptors (Lipinski definition) is 10. The molecule has 6 aromatic rings. The number of anilines is 3. The van der Waals surface area contributed by atoms with Crippen LogP contribution >= 0.6 is 0 Å². The number of carbonyl (C=O) groups excluding carboxylic acids is 5. The first kappa shape index (κ1) is 61.4. The molecule has 10 rings (SSSR count). The fraction of sp³-hybridized carbons (Fsp3) is 0.515. The number of nitrogens with one attached hydrogen (secondary N) is 3. The van der Waals surface area contributed by atoms with Crippen LogP contribution in [-0.4, -0.2) is 103 Å². The van der Waals surface area contributed by atoms with Gasteiger partial charge in [0, 0.05) is 72.2 Å². The standard InChI is InChI=1S/C68H88N12O6/c1-65(2,48-86-49-66(3,4)47-77-45-56(72-74-77)50-28-26-29-52(43-50)70-63(84)76-41-39-68(40-42-76)62(83)79(64(85)71-68)53-30-18-17-19-31-53)46-69-58(81)35-36-59(82)78-44-51-27-20-21-32-54(51)61-60(55-33-22-23-34-57(55)78)73-75-80(61)67(5)37-24-15-13-11-9-7-6-8-10-12-14-16-25-38-67/h17-23,26-34,43,45H,6-16,24-25,35-42,44,46-49H2,1-5H3,(H,69,81)(H,70,84)(H,71,85). The molecule has 2 aromatic heterocycles. The van der Waals surface area contributed by atoms with E-state index < -0.39 is 17.0 Å². The fourth-order valence-electron chi connectivity index (χ4n) is 12.9. The molecule has 4 aromatic carbocycles. The Labute approximate surface area is 507 Å². The molecule has 7 amide bonds. The van der Waals surface area contributed by atoms with E-state index in [1.165, 1.54) is 75.5 Å². The summed E-state index contributed by atoms with van der Waals surface area (Å²) in [5, 5.41) is 27.9. The van der Waals surface area contributed by atoms with Crippen molar-refractivity contribution >= 4 is 46.8 Å². The molecule has 4 aliphatic rings. The van der Waals surface area contributed by atoms with Gasteiger partial charge < -0.3 is 30.5 Å². The first-order chi connectivity index (χ1) is 41.5. The molecule has 456 valence electrons. The summed E-state index contributed by atoms with van der Waals surface area (Å²) < 4.78 is 10.4. The van der Waals surface area contributed by atoms with Crippen LogP contribution < -0.4 is 25.8 Å². The van der Waals surface area contributed by atoms with Crippen LogP contribution in [0.1, 0.15) is 162 Å². The van der Waals surface area contributed by atoms with Gasteiger partial charge in [0.05, 0.1) is 48.6 Å². The number of para-hydroxylation sites is 2. The zero-order chi connectivity index (χ0) is 60.3. The Morgan fingerprint density at radius 2 is 1.30 bits per heavy atom. The summed E-state index contributed by atoms with van der Waals surface area (Å²) in [6.07, 6.45) is 21.4. The number of carbonyl (C=O) groups is 5. The average Bonchev–Trinajstić information content (AvgIpc) is 1.59. The molecule has 3 fully saturated rings. The largest absolute Gasteiger partial charge is 0.380 e. The van der Waals surface area contributed by atoms with Crippen molar-refractivity contribution in [1.29, 1.82) is 0 Å². The van der Waals surface area contributed by atoms with E-state index in [0.717, 1.165) is 65.0 Å². The number of benzene rings is 4. The first-order valence-corrected chi connectivity index (χ1v) is 31.6. The van der Waals surface area contributed by atoms with Gasteiger partial charge in [-0.2, -0.15) is 0 Å². The lowest BCUT2D eigenvalue weighted by Crippen LogP contribution is -2.56. The van der Waals surface area contributed by atoms with E-state index in [9.17, 15) is 24.0 Å². The van der Waals surface area contributed by atoms with Gasteiger partial charge >= 0.3 is 12.1 Å². The third-order valence-electron chi connectivity index (χ3n) is 17.9. The molecular formula is C68H88N12O6. The van der Waals surface area contributed by atoms with E-state index in [2.05, 4.69) is 89.8 Å². The van der Waals surface area contributed by atoms with Crippen LogP contribution in [0, 0.1) is 10.8 Å². The van der Waals surface area contributed by atoms with Gasteiger partial charge in [0.25, 0.3) is 5.91 Å². The monoisotopic (exact) mass is 1170 g/mol. The lowest BCUT2D eigenvalue weighted by atomic mass is 9.86. The number of aromatic nitrogens is 6. The molecule has 1 aliphatic carbocycles. The zero-order valence-corrected chi connectivity index (χ0v) is 51.3. The minimum atomic E-state index is -1.04. The minimum Gasteiger partial charge on any atom is -0.380 e.